The number of carboxylic acid groups (broad SMARTS) is 2. The van der Waals surface area contributed by atoms with Crippen molar-refractivity contribution >= 4 is 23.5 Å². The third-order valence-electron chi connectivity index (χ3n) is 2.63. The molecule has 2 unspecified atom stereocenters. The van der Waals surface area contributed by atoms with Gasteiger partial charge >= 0.3 is 11.9 Å². The van der Waals surface area contributed by atoms with Gasteiger partial charge in [-0.2, -0.15) is 0 Å². The average molecular weight is 258 g/mol. The van der Waals surface area contributed by atoms with Crippen LogP contribution in [0.2, 0.25) is 0 Å². The smallest absolute Gasteiger partial charge is 0.306 e. The molecule has 0 spiro atoms. The van der Waals surface area contributed by atoms with Crippen LogP contribution in [-0.4, -0.2) is 33.7 Å². The van der Waals surface area contributed by atoms with Crippen LogP contribution in [0.4, 0.5) is 0 Å². The zero-order chi connectivity index (χ0) is 14.3. The lowest BCUT2D eigenvalue weighted by Gasteiger charge is -2.14. The van der Waals surface area contributed by atoms with Crippen LogP contribution in [0.15, 0.2) is 0 Å². The molecule has 0 rings (SSSR count). The molecule has 6 heteroatoms. The Hall–Kier alpha value is -1.72. The summed E-state index contributed by atoms with van der Waals surface area (Å²) in [6.07, 6.45) is -0.0538. The summed E-state index contributed by atoms with van der Waals surface area (Å²) in [6, 6.07) is 0. The molecule has 0 aliphatic rings. The van der Waals surface area contributed by atoms with Crippen molar-refractivity contribution in [2.45, 2.75) is 39.5 Å². The summed E-state index contributed by atoms with van der Waals surface area (Å²) in [5.74, 6) is -4.48. The Morgan fingerprint density at radius 1 is 0.778 bits per heavy atom. The van der Waals surface area contributed by atoms with E-state index in [1.165, 1.54) is 13.8 Å². The fourth-order valence-corrected chi connectivity index (χ4v) is 1.72. The van der Waals surface area contributed by atoms with Gasteiger partial charge in [-0.1, -0.05) is 0 Å². The van der Waals surface area contributed by atoms with Gasteiger partial charge in [-0.3, -0.25) is 9.59 Å². The van der Waals surface area contributed by atoms with Crippen LogP contribution >= 0.6 is 0 Å². The standard InChI is InChI=1S/C12H18O6/c1-7(13)5-9(11(15)16)3-4-10(12(17)18)6-8(2)14/h9-10H,3-6H2,1-2H3,(H,15,16)(H,17,18). The van der Waals surface area contributed by atoms with Crippen LogP contribution in [0.5, 0.6) is 0 Å². The Balaban J connectivity index is 4.45. The number of hydrogen-bond acceptors (Lipinski definition) is 4. The number of aliphatic carboxylic acids is 2. The molecule has 0 aromatic heterocycles. The first-order valence-corrected chi connectivity index (χ1v) is 5.68. The molecule has 2 N–H and O–H groups in total. The largest absolute Gasteiger partial charge is 0.481 e. The summed E-state index contributed by atoms with van der Waals surface area (Å²) in [5.41, 5.74) is 0. The lowest BCUT2D eigenvalue weighted by Crippen LogP contribution is -2.22. The number of ketones is 2. The van der Waals surface area contributed by atoms with Crippen LogP contribution in [0, 0.1) is 11.8 Å². The van der Waals surface area contributed by atoms with E-state index in [2.05, 4.69) is 0 Å². The molecule has 0 heterocycles. The topological polar surface area (TPSA) is 109 Å². The minimum absolute atomic E-state index is 0.0825. The molecule has 6 nitrogen and oxygen atoms in total. The normalized spacial score (nSPS) is 13.7. The van der Waals surface area contributed by atoms with Gasteiger partial charge < -0.3 is 19.8 Å². The highest BCUT2D eigenvalue weighted by Crippen LogP contribution is 2.19. The van der Waals surface area contributed by atoms with E-state index in [1.807, 2.05) is 0 Å². The maximum atomic E-state index is 10.9. The SMILES string of the molecule is CC(=O)CC(CCC(CC(C)=O)C(=O)O)C(=O)O. The van der Waals surface area contributed by atoms with Crippen LogP contribution < -0.4 is 0 Å². The van der Waals surface area contributed by atoms with E-state index in [4.69, 9.17) is 10.2 Å². The quantitative estimate of drug-likeness (QED) is 0.641. The maximum Gasteiger partial charge on any atom is 0.306 e. The molecular weight excluding hydrogens is 240 g/mol. The van der Waals surface area contributed by atoms with Gasteiger partial charge in [0, 0.05) is 12.8 Å². The van der Waals surface area contributed by atoms with Crippen molar-refractivity contribution in [3.63, 3.8) is 0 Å². The lowest BCUT2D eigenvalue weighted by molar-refractivity contribution is -0.146. The fourth-order valence-electron chi connectivity index (χ4n) is 1.72. The number of carbonyl (C=O) groups is 4. The first-order valence-electron chi connectivity index (χ1n) is 5.68. The first kappa shape index (κ1) is 16.3. The second kappa shape index (κ2) is 7.58. The predicted molar refractivity (Wildman–Crippen MR) is 62.1 cm³/mol. The van der Waals surface area contributed by atoms with E-state index in [9.17, 15) is 19.2 Å². The fraction of sp³-hybridized carbons (Fsp3) is 0.667. The number of carbonyl (C=O) groups excluding carboxylic acids is 2. The van der Waals surface area contributed by atoms with Crippen molar-refractivity contribution in [1.29, 1.82) is 0 Å². The van der Waals surface area contributed by atoms with Gasteiger partial charge in [0.25, 0.3) is 0 Å². The monoisotopic (exact) mass is 258 g/mol. The van der Waals surface area contributed by atoms with E-state index >= 15 is 0 Å². The number of rotatable bonds is 9. The Labute approximate surface area is 105 Å². The zero-order valence-corrected chi connectivity index (χ0v) is 10.5. The van der Waals surface area contributed by atoms with Crippen LogP contribution in [0.25, 0.3) is 0 Å². The number of carboxylic acids is 2. The van der Waals surface area contributed by atoms with E-state index in [1.54, 1.807) is 0 Å². The second-order valence-electron chi connectivity index (χ2n) is 4.46. The van der Waals surface area contributed by atoms with Gasteiger partial charge in [0.15, 0.2) is 0 Å². The highest BCUT2D eigenvalue weighted by atomic mass is 16.4. The van der Waals surface area contributed by atoms with Gasteiger partial charge in [0.1, 0.15) is 11.6 Å². The van der Waals surface area contributed by atoms with E-state index in [0.717, 1.165) is 0 Å². The molecule has 2 atom stereocenters. The molecule has 0 aromatic carbocycles. The number of Topliss-reactive ketones (excluding diaryl/α,β-unsaturated/α-hetero) is 2. The van der Waals surface area contributed by atoms with Crippen molar-refractivity contribution in [2.24, 2.45) is 11.8 Å². The van der Waals surface area contributed by atoms with Crippen LogP contribution in [-0.2, 0) is 19.2 Å². The molecule has 0 aliphatic carbocycles. The zero-order valence-electron chi connectivity index (χ0n) is 10.5. The van der Waals surface area contributed by atoms with Crippen molar-refractivity contribution in [3.8, 4) is 0 Å². The van der Waals surface area contributed by atoms with Crippen molar-refractivity contribution in [3.05, 3.63) is 0 Å². The molecule has 0 bridgehead atoms. The third kappa shape index (κ3) is 6.78. The maximum absolute atomic E-state index is 10.9. The van der Waals surface area contributed by atoms with Crippen LogP contribution in [0.1, 0.15) is 39.5 Å². The van der Waals surface area contributed by atoms with Gasteiger partial charge in [-0.25, -0.2) is 0 Å². The van der Waals surface area contributed by atoms with Gasteiger partial charge in [-0.15, -0.1) is 0 Å². The van der Waals surface area contributed by atoms with E-state index in [0.29, 0.717) is 0 Å². The molecule has 0 radical (unpaired) electrons. The van der Waals surface area contributed by atoms with Crippen LogP contribution in [0.3, 0.4) is 0 Å². The minimum Gasteiger partial charge on any atom is -0.481 e. The summed E-state index contributed by atoms with van der Waals surface area (Å²) < 4.78 is 0. The third-order valence-corrected chi connectivity index (χ3v) is 2.63. The Bertz CT molecular complexity index is 312. The van der Waals surface area contributed by atoms with E-state index < -0.39 is 23.8 Å². The molecule has 0 fully saturated rings. The molecule has 0 aliphatic heterocycles. The van der Waals surface area contributed by atoms with E-state index in [-0.39, 0.29) is 37.2 Å². The first-order chi connectivity index (χ1) is 8.23. The number of hydrogen-bond donors (Lipinski definition) is 2. The Morgan fingerprint density at radius 2 is 1.06 bits per heavy atom. The molecular formula is C12H18O6. The van der Waals surface area contributed by atoms with Gasteiger partial charge in [0.05, 0.1) is 11.8 Å². The summed E-state index contributed by atoms with van der Waals surface area (Å²) in [6.45, 7) is 2.58. The highest BCUT2D eigenvalue weighted by Gasteiger charge is 2.25. The summed E-state index contributed by atoms with van der Waals surface area (Å²) >= 11 is 0. The Morgan fingerprint density at radius 3 is 1.22 bits per heavy atom. The summed E-state index contributed by atoms with van der Waals surface area (Å²) in [4.78, 5) is 43.5. The van der Waals surface area contributed by atoms with Crippen molar-refractivity contribution in [1.82, 2.24) is 0 Å². The molecule has 0 saturated carbocycles. The molecule has 0 saturated heterocycles. The van der Waals surface area contributed by atoms with Crippen molar-refractivity contribution in [2.75, 3.05) is 0 Å². The van der Waals surface area contributed by atoms with Crippen molar-refractivity contribution < 1.29 is 29.4 Å². The Kier molecular flexibility index (Phi) is 6.85. The summed E-state index contributed by atoms with van der Waals surface area (Å²) in [5, 5.41) is 17.8. The van der Waals surface area contributed by atoms with Gasteiger partial charge in [-0.05, 0) is 26.7 Å². The molecule has 18 heavy (non-hydrogen) atoms. The van der Waals surface area contributed by atoms with Gasteiger partial charge in [0.2, 0.25) is 0 Å². The average Bonchev–Trinajstić information content (AvgIpc) is 2.20. The molecule has 0 aromatic rings. The lowest BCUT2D eigenvalue weighted by atomic mass is 9.90. The second-order valence-corrected chi connectivity index (χ2v) is 4.46. The summed E-state index contributed by atoms with van der Waals surface area (Å²) in [7, 11) is 0. The molecule has 0 amide bonds. The predicted octanol–water partition coefficient (Wildman–Crippen LogP) is 1.13. The minimum atomic E-state index is -1.11. The molecule has 102 valence electrons. The highest BCUT2D eigenvalue weighted by molar-refractivity contribution is 5.83.